The Morgan fingerprint density at radius 2 is 2.24 bits per heavy atom. The summed E-state index contributed by atoms with van der Waals surface area (Å²) >= 11 is 0. The molecule has 6 heteroatoms. The van der Waals surface area contributed by atoms with E-state index in [-0.39, 0.29) is 18.8 Å². The van der Waals surface area contributed by atoms with Crippen LogP contribution in [0.1, 0.15) is 12.0 Å². The van der Waals surface area contributed by atoms with Crippen LogP contribution >= 0.6 is 0 Å². The maximum atomic E-state index is 12.2. The van der Waals surface area contributed by atoms with Gasteiger partial charge in [-0.2, -0.15) is 0 Å². The fourth-order valence-electron chi connectivity index (χ4n) is 2.50. The van der Waals surface area contributed by atoms with Gasteiger partial charge < -0.3 is 24.4 Å². The minimum atomic E-state index is -0.0227. The molecule has 6 nitrogen and oxygen atoms in total. The first-order valence-corrected chi connectivity index (χ1v) is 7.17. The average Bonchev–Trinajstić information content (AvgIpc) is 2.95. The Balaban J connectivity index is 1.55. The van der Waals surface area contributed by atoms with Gasteiger partial charge in [0, 0.05) is 26.7 Å². The molecule has 1 atom stereocenters. The Kier molecular flexibility index (Phi) is 4.26. The van der Waals surface area contributed by atoms with Gasteiger partial charge in [0.25, 0.3) is 0 Å². The normalized spacial score (nSPS) is 20.3. The number of carbonyl (C=O) groups is 1. The summed E-state index contributed by atoms with van der Waals surface area (Å²) in [6.45, 7) is 3.08. The lowest BCUT2D eigenvalue weighted by Crippen LogP contribution is -2.41. The van der Waals surface area contributed by atoms with E-state index in [1.807, 2.05) is 25.2 Å². The monoisotopic (exact) mass is 292 g/mol. The van der Waals surface area contributed by atoms with Crippen molar-refractivity contribution in [2.75, 3.05) is 33.5 Å². The summed E-state index contributed by atoms with van der Waals surface area (Å²) in [4.78, 5) is 13.9. The van der Waals surface area contributed by atoms with Gasteiger partial charge >= 0.3 is 0 Å². The zero-order valence-corrected chi connectivity index (χ0v) is 12.1. The minimum absolute atomic E-state index is 0.0227. The molecule has 0 bridgehead atoms. The Morgan fingerprint density at radius 1 is 1.38 bits per heavy atom. The van der Waals surface area contributed by atoms with E-state index >= 15 is 0 Å². The van der Waals surface area contributed by atoms with Crippen LogP contribution in [-0.4, -0.2) is 50.4 Å². The summed E-state index contributed by atoms with van der Waals surface area (Å²) < 4.78 is 16.2. The topological polar surface area (TPSA) is 60.0 Å². The SMILES string of the molecule is CN(Cc1ccc2c(c1)OCO2)C(=O)CC1CNCCO1. The van der Waals surface area contributed by atoms with Crippen molar-refractivity contribution >= 4 is 5.91 Å². The van der Waals surface area contributed by atoms with Gasteiger partial charge in [-0.3, -0.25) is 4.79 Å². The van der Waals surface area contributed by atoms with Crippen LogP contribution in [0.5, 0.6) is 11.5 Å². The van der Waals surface area contributed by atoms with E-state index in [1.54, 1.807) is 4.90 Å². The molecule has 114 valence electrons. The lowest BCUT2D eigenvalue weighted by molar-refractivity contribution is -0.133. The van der Waals surface area contributed by atoms with E-state index in [0.29, 0.717) is 19.6 Å². The maximum absolute atomic E-state index is 12.2. The Bertz CT molecular complexity index is 514. The van der Waals surface area contributed by atoms with E-state index in [1.165, 1.54) is 0 Å². The highest BCUT2D eigenvalue weighted by atomic mass is 16.7. The van der Waals surface area contributed by atoms with Gasteiger partial charge in [0.1, 0.15) is 0 Å². The van der Waals surface area contributed by atoms with Crippen molar-refractivity contribution in [3.8, 4) is 11.5 Å². The first-order chi connectivity index (χ1) is 10.2. The molecule has 1 unspecified atom stereocenters. The number of fused-ring (bicyclic) bond motifs is 1. The van der Waals surface area contributed by atoms with Crippen molar-refractivity contribution in [2.24, 2.45) is 0 Å². The van der Waals surface area contributed by atoms with Crippen molar-refractivity contribution in [3.05, 3.63) is 23.8 Å². The summed E-state index contributed by atoms with van der Waals surface area (Å²) in [6.07, 6.45) is 0.388. The highest BCUT2D eigenvalue weighted by Crippen LogP contribution is 2.32. The van der Waals surface area contributed by atoms with E-state index in [4.69, 9.17) is 14.2 Å². The molecule has 1 amide bonds. The number of nitrogens with zero attached hydrogens (tertiary/aromatic N) is 1. The third-order valence-corrected chi connectivity index (χ3v) is 3.69. The van der Waals surface area contributed by atoms with Crippen LogP contribution in [0, 0.1) is 0 Å². The Hall–Kier alpha value is -1.79. The molecule has 2 heterocycles. The number of nitrogens with one attached hydrogen (secondary N) is 1. The molecule has 1 fully saturated rings. The van der Waals surface area contributed by atoms with Gasteiger partial charge in [-0.1, -0.05) is 6.07 Å². The molecular weight excluding hydrogens is 272 g/mol. The third kappa shape index (κ3) is 3.46. The van der Waals surface area contributed by atoms with Crippen LogP contribution in [-0.2, 0) is 16.1 Å². The van der Waals surface area contributed by atoms with Gasteiger partial charge in [0.2, 0.25) is 12.7 Å². The van der Waals surface area contributed by atoms with E-state index in [9.17, 15) is 4.79 Å². The maximum Gasteiger partial charge on any atom is 0.231 e. The fourth-order valence-corrected chi connectivity index (χ4v) is 2.50. The summed E-state index contributed by atoms with van der Waals surface area (Å²) in [5.41, 5.74) is 1.03. The van der Waals surface area contributed by atoms with Gasteiger partial charge in [-0.25, -0.2) is 0 Å². The molecular formula is C15H20N2O4. The van der Waals surface area contributed by atoms with Crippen LogP contribution in [0.4, 0.5) is 0 Å². The van der Waals surface area contributed by atoms with Crippen molar-refractivity contribution in [1.82, 2.24) is 10.2 Å². The summed E-state index contributed by atoms with van der Waals surface area (Å²) in [6, 6.07) is 5.75. The van der Waals surface area contributed by atoms with Crippen molar-refractivity contribution < 1.29 is 19.0 Å². The largest absolute Gasteiger partial charge is 0.454 e. The molecule has 2 aliphatic rings. The first-order valence-electron chi connectivity index (χ1n) is 7.17. The van der Waals surface area contributed by atoms with E-state index in [0.717, 1.165) is 30.2 Å². The highest BCUT2D eigenvalue weighted by Gasteiger charge is 2.20. The number of rotatable bonds is 4. The van der Waals surface area contributed by atoms with Crippen LogP contribution in [0.3, 0.4) is 0 Å². The van der Waals surface area contributed by atoms with Crippen LogP contribution < -0.4 is 14.8 Å². The standard InChI is InChI=1S/C15H20N2O4/c1-17(15(18)7-12-8-16-4-5-19-12)9-11-2-3-13-14(6-11)21-10-20-13/h2-3,6,12,16H,4-5,7-10H2,1H3. The number of benzene rings is 1. The highest BCUT2D eigenvalue weighted by molar-refractivity contribution is 5.76. The zero-order valence-electron chi connectivity index (χ0n) is 12.1. The number of amides is 1. The molecule has 1 N–H and O–H groups in total. The quantitative estimate of drug-likeness (QED) is 0.887. The van der Waals surface area contributed by atoms with Gasteiger partial charge in [0.05, 0.1) is 19.1 Å². The van der Waals surface area contributed by atoms with Crippen LogP contribution in [0.2, 0.25) is 0 Å². The van der Waals surface area contributed by atoms with E-state index in [2.05, 4.69) is 5.32 Å². The second-order valence-corrected chi connectivity index (χ2v) is 5.34. The van der Waals surface area contributed by atoms with E-state index < -0.39 is 0 Å². The minimum Gasteiger partial charge on any atom is -0.454 e. The Morgan fingerprint density at radius 3 is 3.05 bits per heavy atom. The smallest absolute Gasteiger partial charge is 0.231 e. The predicted molar refractivity (Wildman–Crippen MR) is 76.3 cm³/mol. The summed E-state index contributed by atoms with van der Waals surface area (Å²) in [7, 11) is 1.81. The Labute approximate surface area is 124 Å². The number of hydrogen-bond acceptors (Lipinski definition) is 5. The lowest BCUT2D eigenvalue weighted by Gasteiger charge is -2.25. The third-order valence-electron chi connectivity index (χ3n) is 3.69. The van der Waals surface area contributed by atoms with Gasteiger partial charge in [-0.05, 0) is 17.7 Å². The van der Waals surface area contributed by atoms with Crippen molar-refractivity contribution in [1.29, 1.82) is 0 Å². The van der Waals surface area contributed by atoms with Crippen molar-refractivity contribution in [3.63, 3.8) is 0 Å². The average molecular weight is 292 g/mol. The first kappa shape index (κ1) is 14.2. The molecule has 1 aromatic carbocycles. The van der Waals surface area contributed by atoms with Gasteiger partial charge in [-0.15, -0.1) is 0 Å². The zero-order chi connectivity index (χ0) is 14.7. The second-order valence-electron chi connectivity index (χ2n) is 5.34. The number of morpholine rings is 1. The second kappa shape index (κ2) is 6.32. The number of hydrogen-bond donors (Lipinski definition) is 1. The summed E-state index contributed by atoms with van der Waals surface area (Å²) in [5, 5.41) is 3.23. The van der Waals surface area contributed by atoms with Crippen molar-refractivity contribution in [2.45, 2.75) is 19.1 Å². The molecule has 21 heavy (non-hydrogen) atoms. The van der Waals surface area contributed by atoms with Crippen LogP contribution in [0.25, 0.3) is 0 Å². The molecule has 0 saturated carbocycles. The van der Waals surface area contributed by atoms with Crippen LogP contribution in [0.15, 0.2) is 18.2 Å². The molecule has 0 radical (unpaired) electrons. The molecule has 1 aromatic rings. The lowest BCUT2D eigenvalue weighted by atomic mass is 10.1. The molecule has 3 rings (SSSR count). The fraction of sp³-hybridized carbons (Fsp3) is 0.533. The summed E-state index contributed by atoms with van der Waals surface area (Å²) in [5.74, 6) is 1.59. The molecule has 0 spiro atoms. The predicted octanol–water partition coefficient (Wildman–Crippen LogP) is 0.752. The number of ether oxygens (including phenoxy) is 3. The van der Waals surface area contributed by atoms with Gasteiger partial charge in [0.15, 0.2) is 11.5 Å². The molecule has 0 aliphatic carbocycles. The molecule has 0 aromatic heterocycles. The number of carbonyl (C=O) groups excluding carboxylic acids is 1. The molecule has 2 aliphatic heterocycles. The molecule has 1 saturated heterocycles.